The molecule has 0 amide bonds. The van der Waals surface area contributed by atoms with E-state index in [0.29, 0.717) is 12.4 Å². The molecule has 0 aliphatic rings. The molecule has 86 valence electrons. The summed E-state index contributed by atoms with van der Waals surface area (Å²) in [4.78, 5) is 1.98. The van der Waals surface area contributed by atoms with Crippen molar-refractivity contribution >= 4 is 21.4 Å². The van der Waals surface area contributed by atoms with Crippen molar-refractivity contribution in [3.63, 3.8) is 0 Å². The van der Waals surface area contributed by atoms with Crippen LogP contribution in [-0.2, 0) is 9.84 Å². The minimum atomic E-state index is -2.87. The summed E-state index contributed by atoms with van der Waals surface area (Å²) in [5.41, 5.74) is -0.148. The zero-order chi connectivity index (χ0) is 11.4. The van der Waals surface area contributed by atoms with Crippen molar-refractivity contribution in [2.45, 2.75) is 26.3 Å². The van der Waals surface area contributed by atoms with Gasteiger partial charge in [0.1, 0.15) is 0 Å². The number of sulfone groups is 1. The van der Waals surface area contributed by atoms with Crippen molar-refractivity contribution in [3.05, 3.63) is 0 Å². The van der Waals surface area contributed by atoms with Crippen LogP contribution >= 0.6 is 11.6 Å². The zero-order valence-electron chi connectivity index (χ0n) is 9.38. The second-order valence-corrected chi connectivity index (χ2v) is 6.84. The number of hydrogen-bond acceptors (Lipinski definition) is 3. The maximum absolute atomic E-state index is 11.3. The van der Waals surface area contributed by atoms with Crippen molar-refractivity contribution in [3.8, 4) is 0 Å². The smallest absolute Gasteiger partial charge is 0.151 e. The van der Waals surface area contributed by atoms with Crippen molar-refractivity contribution in [2.24, 2.45) is 0 Å². The Morgan fingerprint density at radius 1 is 1.36 bits per heavy atom. The lowest BCUT2D eigenvalue weighted by Gasteiger charge is -2.33. The van der Waals surface area contributed by atoms with E-state index in [0.717, 1.165) is 0 Å². The van der Waals surface area contributed by atoms with E-state index in [9.17, 15) is 8.42 Å². The van der Waals surface area contributed by atoms with Gasteiger partial charge < -0.3 is 0 Å². The second kappa shape index (κ2) is 5.33. The van der Waals surface area contributed by atoms with Crippen LogP contribution in [0.25, 0.3) is 0 Å². The van der Waals surface area contributed by atoms with Gasteiger partial charge in [-0.15, -0.1) is 11.6 Å². The van der Waals surface area contributed by atoms with Gasteiger partial charge in [-0.2, -0.15) is 0 Å². The van der Waals surface area contributed by atoms with Gasteiger partial charge in [0.05, 0.1) is 5.75 Å². The molecule has 5 heteroatoms. The lowest BCUT2D eigenvalue weighted by molar-refractivity contribution is 0.190. The molecule has 0 unspecified atom stereocenters. The third-order valence-corrected chi connectivity index (χ3v) is 4.88. The molecule has 0 radical (unpaired) electrons. The Labute approximate surface area is 92.3 Å². The normalized spacial score (nSPS) is 13.6. The molecule has 14 heavy (non-hydrogen) atoms. The fourth-order valence-electron chi connectivity index (χ4n) is 0.825. The molecule has 0 aromatic rings. The van der Waals surface area contributed by atoms with Crippen molar-refractivity contribution in [1.82, 2.24) is 4.90 Å². The van der Waals surface area contributed by atoms with Crippen LogP contribution in [0.4, 0.5) is 0 Å². The summed E-state index contributed by atoms with van der Waals surface area (Å²) in [6.07, 6.45) is 0. The minimum Gasteiger partial charge on any atom is -0.299 e. The molecule has 0 heterocycles. The fraction of sp³-hybridized carbons (Fsp3) is 1.00. The van der Waals surface area contributed by atoms with E-state index >= 15 is 0 Å². The Bertz CT molecular complexity index is 262. The summed E-state index contributed by atoms with van der Waals surface area (Å²) in [5.74, 6) is 0.915. The summed E-state index contributed by atoms with van der Waals surface area (Å²) in [7, 11) is -0.971. The topological polar surface area (TPSA) is 37.4 Å². The summed E-state index contributed by atoms with van der Waals surface area (Å²) in [5, 5.41) is 0. The first-order valence-electron chi connectivity index (χ1n) is 4.73. The lowest BCUT2D eigenvalue weighted by atomic mass is 10.1. The van der Waals surface area contributed by atoms with Crippen LogP contribution in [-0.4, -0.2) is 49.8 Å². The molecule has 0 atom stereocenters. The number of alkyl halides is 1. The Morgan fingerprint density at radius 2 is 1.86 bits per heavy atom. The molecular formula is C9H20ClNO2S. The lowest BCUT2D eigenvalue weighted by Crippen LogP contribution is -2.44. The molecule has 0 aromatic heterocycles. The van der Waals surface area contributed by atoms with E-state index in [1.165, 1.54) is 0 Å². The first-order valence-corrected chi connectivity index (χ1v) is 7.08. The maximum Gasteiger partial charge on any atom is 0.151 e. The number of hydrogen-bond donors (Lipinski definition) is 0. The highest BCUT2D eigenvalue weighted by Gasteiger charge is 2.23. The van der Waals surface area contributed by atoms with Crippen molar-refractivity contribution < 1.29 is 8.42 Å². The summed E-state index contributed by atoms with van der Waals surface area (Å²) in [6.45, 7) is 6.20. The van der Waals surface area contributed by atoms with Gasteiger partial charge in [-0.1, -0.05) is 6.92 Å². The average molecular weight is 242 g/mol. The van der Waals surface area contributed by atoms with E-state index < -0.39 is 9.84 Å². The van der Waals surface area contributed by atoms with Crippen LogP contribution in [0.3, 0.4) is 0 Å². The van der Waals surface area contributed by atoms with Crippen molar-refractivity contribution in [2.75, 3.05) is 31.0 Å². The molecule has 0 saturated carbocycles. The molecule has 0 saturated heterocycles. The molecule has 0 spiro atoms. The van der Waals surface area contributed by atoms with Crippen LogP contribution in [0, 0.1) is 0 Å². The number of nitrogens with zero attached hydrogens (tertiary/aromatic N) is 1. The van der Waals surface area contributed by atoms with Gasteiger partial charge in [0, 0.05) is 23.7 Å². The van der Waals surface area contributed by atoms with Gasteiger partial charge >= 0.3 is 0 Å². The number of halogens is 1. The Kier molecular flexibility index (Phi) is 5.41. The van der Waals surface area contributed by atoms with E-state index in [4.69, 9.17) is 11.6 Å². The van der Waals surface area contributed by atoms with Gasteiger partial charge in [-0.3, -0.25) is 4.90 Å². The highest BCUT2D eigenvalue weighted by molar-refractivity contribution is 7.91. The van der Waals surface area contributed by atoms with Crippen molar-refractivity contribution in [1.29, 1.82) is 0 Å². The summed E-state index contributed by atoms with van der Waals surface area (Å²) in [6, 6.07) is 0. The molecule has 0 N–H and O–H groups in total. The first kappa shape index (κ1) is 14.2. The minimum absolute atomic E-state index is 0.148. The average Bonchev–Trinajstić information content (AvgIpc) is 2.14. The Balaban J connectivity index is 4.16. The molecule has 0 aliphatic heterocycles. The molecule has 0 aromatic carbocycles. The van der Waals surface area contributed by atoms with Gasteiger partial charge in [-0.05, 0) is 20.9 Å². The van der Waals surface area contributed by atoms with Crippen LogP contribution in [0.2, 0.25) is 0 Å². The van der Waals surface area contributed by atoms with Crippen LogP contribution in [0.5, 0.6) is 0 Å². The Hall–Kier alpha value is 0.200. The maximum atomic E-state index is 11.3. The number of rotatable bonds is 6. The third kappa shape index (κ3) is 4.62. The summed E-state index contributed by atoms with van der Waals surface area (Å²) >= 11 is 5.78. The van der Waals surface area contributed by atoms with Crippen LogP contribution in [0.1, 0.15) is 20.8 Å². The third-order valence-electron chi connectivity index (χ3n) is 2.54. The molecule has 3 nitrogen and oxygen atoms in total. The monoisotopic (exact) mass is 241 g/mol. The molecule has 0 rings (SSSR count). The summed E-state index contributed by atoms with van der Waals surface area (Å²) < 4.78 is 22.5. The largest absolute Gasteiger partial charge is 0.299 e. The first-order chi connectivity index (χ1) is 6.25. The van der Waals surface area contributed by atoms with Gasteiger partial charge in [-0.25, -0.2) is 8.42 Å². The van der Waals surface area contributed by atoms with Crippen LogP contribution < -0.4 is 0 Å². The van der Waals surface area contributed by atoms with E-state index in [1.54, 1.807) is 6.92 Å². The highest BCUT2D eigenvalue weighted by Crippen LogP contribution is 2.13. The van der Waals surface area contributed by atoms with Gasteiger partial charge in [0.15, 0.2) is 9.84 Å². The van der Waals surface area contributed by atoms with Gasteiger partial charge in [0.2, 0.25) is 0 Å². The molecule has 0 fully saturated rings. The Morgan fingerprint density at radius 3 is 2.21 bits per heavy atom. The quantitative estimate of drug-likeness (QED) is 0.660. The van der Waals surface area contributed by atoms with E-state index in [1.807, 2.05) is 25.8 Å². The SMILES string of the molecule is CCS(=O)(=O)CCN(C)C(C)(C)CCl. The predicted octanol–water partition coefficient (Wildman–Crippen LogP) is 1.37. The predicted molar refractivity (Wildman–Crippen MR) is 61.8 cm³/mol. The van der Waals surface area contributed by atoms with Crippen LogP contribution in [0.15, 0.2) is 0 Å². The van der Waals surface area contributed by atoms with Gasteiger partial charge in [0.25, 0.3) is 0 Å². The zero-order valence-corrected chi connectivity index (χ0v) is 11.0. The highest BCUT2D eigenvalue weighted by atomic mass is 35.5. The fourth-order valence-corrected chi connectivity index (χ4v) is 1.87. The molecule has 0 bridgehead atoms. The van der Waals surface area contributed by atoms with E-state index in [-0.39, 0.29) is 17.0 Å². The van der Waals surface area contributed by atoms with E-state index in [2.05, 4.69) is 0 Å². The standard InChI is InChI=1S/C9H20ClNO2S/c1-5-14(12,13)7-6-11(4)9(2,3)8-10/h5-8H2,1-4H3. The molecule has 0 aliphatic carbocycles. The molecular weight excluding hydrogens is 222 g/mol. The second-order valence-electron chi connectivity index (χ2n) is 4.10.